The van der Waals surface area contributed by atoms with Crippen molar-refractivity contribution < 1.29 is 22.8 Å². The summed E-state index contributed by atoms with van der Waals surface area (Å²) in [5.74, 6) is 0.168. The highest BCUT2D eigenvalue weighted by Gasteiger charge is 2.30. The van der Waals surface area contributed by atoms with Crippen molar-refractivity contribution in [3.05, 3.63) is 59.7 Å². The van der Waals surface area contributed by atoms with Gasteiger partial charge in [0.2, 0.25) is 5.91 Å². The molecule has 2 aromatic rings. The monoisotopic (exact) mass is 485 g/mol. The minimum Gasteiger partial charge on any atom is -0.326 e. The van der Waals surface area contributed by atoms with Gasteiger partial charge >= 0.3 is 0 Å². The van der Waals surface area contributed by atoms with E-state index in [1.807, 2.05) is 13.8 Å². The van der Waals surface area contributed by atoms with Gasteiger partial charge in [0, 0.05) is 24.2 Å². The molecule has 2 fully saturated rings. The van der Waals surface area contributed by atoms with E-state index in [4.69, 9.17) is 4.84 Å². The van der Waals surface area contributed by atoms with Crippen molar-refractivity contribution in [2.24, 2.45) is 5.92 Å². The maximum atomic E-state index is 12.9. The van der Waals surface area contributed by atoms with Crippen LogP contribution in [0.15, 0.2) is 53.4 Å². The maximum absolute atomic E-state index is 12.9. The quantitative estimate of drug-likeness (QED) is 0.565. The van der Waals surface area contributed by atoms with Gasteiger partial charge in [0.05, 0.1) is 23.2 Å². The summed E-state index contributed by atoms with van der Waals surface area (Å²) in [6, 6.07) is 13.3. The standard InChI is InChI=1S/C25H31N3O5S/c1-3-28(23-14-17(2)33-27-23)25(30)20-8-10-21(11-9-20)26-24(29)15-18-6-12-22(13-7-18)34(31,32)16-19-4-5-19/h6-13,17,19,23,27H,3-5,14-16H2,1-2H3,(H,26,29). The van der Waals surface area contributed by atoms with Crippen LogP contribution in [-0.2, 0) is 25.9 Å². The van der Waals surface area contributed by atoms with Gasteiger partial charge in [-0.2, -0.15) is 5.48 Å². The Labute approximate surface area is 200 Å². The number of benzene rings is 2. The predicted octanol–water partition coefficient (Wildman–Crippen LogP) is 3.15. The number of hydroxylamine groups is 1. The third-order valence-electron chi connectivity index (χ3n) is 6.15. The number of carbonyl (C=O) groups is 2. The zero-order valence-corrected chi connectivity index (χ0v) is 20.3. The summed E-state index contributed by atoms with van der Waals surface area (Å²) >= 11 is 0. The normalized spacial score (nSPS) is 20.2. The summed E-state index contributed by atoms with van der Waals surface area (Å²) in [5, 5.41) is 2.83. The molecule has 0 bridgehead atoms. The second kappa shape index (κ2) is 10.2. The maximum Gasteiger partial charge on any atom is 0.255 e. The molecule has 1 saturated carbocycles. The highest BCUT2D eigenvalue weighted by atomic mass is 32.2. The summed E-state index contributed by atoms with van der Waals surface area (Å²) in [4.78, 5) is 32.8. The van der Waals surface area contributed by atoms with E-state index in [2.05, 4.69) is 10.8 Å². The highest BCUT2D eigenvalue weighted by molar-refractivity contribution is 7.91. The number of hydrogen-bond donors (Lipinski definition) is 2. The molecule has 0 radical (unpaired) electrons. The van der Waals surface area contributed by atoms with Crippen molar-refractivity contribution in [2.75, 3.05) is 17.6 Å². The van der Waals surface area contributed by atoms with Gasteiger partial charge in [0.15, 0.2) is 9.84 Å². The number of nitrogens with zero attached hydrogens (tertiary/aromatic N) is 1. The molecule has 4 rings (SSSR count). The first kappa shape index (κ1) is 24.4. The van der Waals surface area contributed by atoms with Gasteiger partial charge in [-0.1, -0.05) is 12.1 Å². The average Bonchev–Trinajstić information content (AvgIpc) is 3.51. The SMILES string of the molecule is CCN(C(=O)c1ccc(NC(=O)Cc2ccc(S(=O)(=O)CC3CC3)cc2)cc1)C1CC(C)ON1. The number of carbonyl (C=O) groups excluding carboxylic acids is 2. The second-order valence-electron chi connectivity index (χ2n) is 9.06. The van der Waals surface area contributed by atoms with Crippen LogP contribution >= 0.6 is 0 Å². The van der Waals surface area contributed by atoms with Gasteiger partial charge in [-0.15, -0.1) is 0 Å². The van der Waals surface area contributed by atoms with Crippen molar-refractivity contribution in [1.82, 2.24) is 10.4 Å². The molecule has 2 atom stereocenters. The molecule has 2 aromatic carbocycles. The summed E-state index contributed by atoms with van der Waals surface area (Å²) in [7, 11) is -3.26. The lowest BCUT2D eigenvalue weighted by Crippen LogP contribution is -2.45. The summed E-state index contributed by atoms with van der Waals surface area (Å²) in [6.07, 6.45) is 2.69. The first-order chi connectivity index (χ1) is 16.2. The Balaban J connectivity index is 1.32. The molecule has 1 aliphatic heterocycles. The minimum absolute atomic E-state index is 0.0489. The van der Waals surface area contributed by atoms with Gasteiger partial charge in [-0.25, -0.2) is 8.42 Å². The summed E-state index contributed by atoms with van der Waals surface area (Å²) in [6.45, 7) is 4.42. The van der Waals surface area contributed by atoms with E-state index < -0.39 is 9.84 Å². The largest absolute Gasteiger partial charge is 0.326 e. The highest BCUT2D eigenvalue weighted by Crippen LogP contribution is 2.32. The Bertz CT molecular complexity index is 1130. The minimum atomic E-state index is -3.26. The van der Waals surface area contributed by atoms with Crippen LogP contribution in [0, 0.1) is 5.92 Å². The molecule has 1 saturated heterocycles. The van der Waals surface area contributed by atoms with Crippen molar-refractivity contribution in [3.63, 3.8) is 0 Å². The number of hydrogen-bond acceptors (Lipinski definition) is 6. The number of nitrogens with one attached hydrogen (secondary N) is 2. The molecule has 182 valence electrons. The Kier molecular flexibility index (Phi) is 7.35. The fraction of sp³-hybridized carbons (Fsp3) is 0.440. The zero-order chi connectivity index (χ0) is 24.3. The molecule has 1 heterocycles. The fourth-order valence-corrected chi connectivity index (χ4v) is 5.76. The first-order valence-corrected chi connectivity index (χ1v) is 13.3. The lowest BCUT2D eigenvalue weighted by molar-refractivity contribution is -0.115. The molecule has 2 N–H and O–H groups in total. The van der Waals surface area contributed by atoms with Crippen LogP contribution in [0.3, 0.4) is 0 Å². The molecule has 34 heavy (non-hydrogen) atoms. The van der Waals surface area contributed by atoms with Crippen LogP contribution in [0.5, 0.6) is 0 Å². The van der Waals surface area contributed by atoms with Crippen LogP contribution in [0.25, 0.3) is 0 Å². The van der Waals surface area contributed by atoms with Crippen LogP contribution < -0.4 is 10.8 Å². The lowest BCUT2D eigenvalue weighted by atomic mass is 10.1. The van der Waals surface area contributed by atoms with Gasteiger partial charge in [0.1, 0.15) is 6.17 Å². The van der Waals surface area contributed by atoms with Crippen LogP contribution in [0.2, 0.25) is 0 Å². The Morgan fingerprint density at radius 1 is 1.09 bits per heavy atom. The molecular formula is C25H31N3O5S. The van der Waals surface area contributed by atoms with Crippen LogP contribution in [-0.4, -0.2) is 49.7 Å². The van der Waals surface area contributed by atoms with Crippen molar-refractivity contribution >= 4 is 27.3 Å². The Morgan fingerprint density at radius 2 is 1.76 bits per heavy atom. The van der Waals surface area contributed by atoms with E-state index in [1.54, 1.807) is 53.4 Å². The molecule has 2 unspecified atom stereocenters. The van der Waals surface area contributed by atoms with E-state index in [9.17, 15) is 18.0 Å². The van der Waals surface area contributed by atoms with Crippen molar-refractivity contribution in [2.45, 2.75) is 56.7 Å². The molecule has 9 heteroatoms. The van der Waals surface area contributed by atoms with E-state index in [0.29, 0.717) is 28.6 Å². The van der Waals surface area contributed by atoms with Gasteiger partial charge < -0.3 is 10.2 Å². The molecule has 0 spiro atoms. The number of rotatable bonds is 9. The van der Waals surface area contributed by atoms with E-state index >= 15 is 0 Å². The van der Waals surface area contributed by atoms with E-state index in [0.717, 1.165) is 24.8 Å². The van der Waals surface area contributed by atoms with Gasteiger partial charge in [0.25, 0.3) is 5.91 Å². The topological polar surface area (TPSA) is 105 Å². The lowest BCUT2D eigenvalue weighted by Gasteiger charge is -2.26. The number of amides is 2. The van der Waals surface area contributed by atoms with Crippen LogP contribution in [0.1, 0.15) is 49.0 Å². The summed E-state index contributed by atoms with van der Waals surface area (Å²) < 4.78 is 24.7. The molecule has 1 aliphatic carbocycles. The van der Waals surface area contributed by atoms with Gasteiger partial charge in [-0.05, 0) is 74.6 Å². The van der Waals surface area contributed by atoms with Crippen LogP contribution in [0.4, 0.5) is 5.69 Å². The molecule has 2 amide bonds. The molecule has 8 nitrogen and oxygen atoms in total. The smallest absolute Gasteiger partial charge is 0.255 e. The van der Waals surface area contributed by atoms with E-state index in [-0.39, 0.29) is 36.3 Å². The second-order valence-corrected chi connectivity index (χ2v) is 11.1. The Hall–Kier alpha value is -2.75. The number of sulfone groups is 1. The van der Waals surface area contributed by atoms with Crippen molar-refractivity contribution in [3.8, 4) is 0 Å². The molecule has 0 aromatic heterocycles. The zero-order valence-electron chi connectivity index (χ0n) is 19.5. The van der Waals surface area contributed by atoms with E-state index in [1.165, 1.54) is 0 Å². The average molecular weight is 486 g/mol. The predicted molar refractivity (Wildman–Crippen MR) is 129 cm³/mol. The summed E-state index contributed by atoms with van der Waals surface area (Å²) in [5.41, 5.74) is 4.76. The number of anilines is 1. The Morgan fingerprint density at radius 3 is 2.32 bits per heavy atom. The molecular weight excluding hydrogens is 454 g/mol. The van der Waals surface area contributed by atoms with Crippen molar-refractivity contribution in [1.29, 1.82) is 0 Å². The third-order valence-corrected chi connectivity index (χ3v) is 8.05. The first-order valence-electron chi connectivity index (χ1n) is 11.7. The third kappa shape index (κ3) is 6.02. The molecule has 2 aliphatic rings. The van der Waals surface area contributed by atoms with Gasteiger partial charge in [-0.3, -0.25) is 14.4 Å². The fourth-order valence-electron chi connectivity index (χ4n) is 4.06.